The van der Waals surface area contributed by atoms with E-state index in [9.17, 15) is 4.79 Å². The van der Waals surface area contributed by atoms with Gasteiger partial charge in [-0.1, -0.05) is 11.6 Å². The molecule has 0 spiro atoms. The van der Waals surface area contributed by atoms with Crippen LogP contribution in [0.25, 0.3) is 5.69 Å². The molecule has 0 aliphatic rings. The van der Waals surface area contributed by atoms with Crippen LogP contribution in [0.1, 0.15) is 21.6 Å². The lowest BCUT2D eigenvalue weighted by molar-refractivity contribution is 0.0698. The first-order chi connectivity index (χ1) is 8.40. The first-order valence-corrected chi connectivity index (χ1v) is 5.63. The van der Waals surface area contributed by atoms with Gasteiger partial charge in [0.25, 0.3) is 0 Å². The Morgan fingerprint density at radius 3 is 2.61 bits per heavy atom. The number of nitrogens with two attached hydrogens (primary N) is 1. The summed E-state index contributed by atoms with van der Waals surface area (Å²) in [6.45, 7) is 3.53. The lowest BCUT2D eigenvalue weighted by Gasteiger charge is -2.09. The average Bonchev–Trinajstić information content (AvgIpc) is 2.62. The minimum atomic E-state index is -1.06. The number of hydrogen-bond acceptors (Lipinski definition) is 3. The van der Waals surface area contributed by atoms with Crippen LogP contribution in [0.5, 0.6) is 0 Å². The van der Waals surface area contributed by atoms with Crippen LogP contribution in [-0.2, 0) is 0 Å². The van der Waals surface area contributed by atoms with Crippen LogP contribution in [-0.4, -0.2) is 20.9 Å². The number of nitrogen functional groups attached to an aromatic ring is 1. The van der Waals surface area contributed by atoms with E-state index >= 15 is 0 Å². The second kappa shape index (κ2) is 4.34. The first kappa shape index (κ1) is 12.4. The molecule has 18 heavy (non-hydrogen) atoms. The van der Waals surface area contributed by atoms with Crippen molar-refractivity contribution in [1.82, 2.24) is 9.78 Å². The van der Waals surface area contributed by atoms with Crippen molar-refractivity contribution in [3.63, 3.8) is 0 Å². The van der Waals surface area contributed by atoms with Gasteiger partial charge in [-0.15, -0.1) is 0 Å². The first-order valence-electron chi connectivity index (χ1n) is 5.25. The van der Waals surface area contributed by atoms with E-state index in [2.05, 4.69) is 5.10 Å². The maximum atomic E-state index is 11.1. The average molecular weight is 266 g/mol. The molecule has 0 unspecified atom stereocenters. The molecule has 0 bridgehead atoms. The number of nitrogens with zero attached hydrogens (tertiary/aromatic N) is 2. The molecule has 0 fully saturated rings. The highest BCUT2D eigenvalue weighted by molar-refractivity contribution is 6.31. The summed E-state index contributed by atoms with van der Waals surface area (Å²) in [5.41, 5.74) is 8.05. The molecule has 5 nitrogen and oxygen atoms in total. The second-order valence-electron chi connectivity index (χ2n) is 4.04. The van der Waals surface area contributed by atoms with Gasteiger partial charge in [-0.2, -0.15) is 5.10 Å². The summed E-state index contributed by atoms with van der Waals surface area (Å²) in [5, 5.41) is 13.8. The molecule has 6 heteroatoms. The number of carboxylic acid groups (broad SMARTS) is 1. The van der Waals surface area contributed by atoms with Gasteiger partial charge in [0, 0.05) is 11.9 Å². The number of aromatic nitrogens is 2. The molecule has 94 valence electrons. The van der Waals surface area contributed by atoms with Gasteiger partial charge >= 0.3 is 5.97 Å². The molecule has 1 aromatic carbocycles. The summed E-state index contributed by atoms with van der Waals surface area (Å²) in [6.07, 6.45) is 1.63. The molecular formula is C12H12ClN3O2. The number of carboxylic acids is 1. The van der Waals surface area contributed by atoms with Crippen LogP contribution in [0.4, 0.5) is 5.69 Å². The minimum Gasteiger partial charge on any atom is -0.478 e. The van der Waals surface area contributed by atoms with E-state index in [0.717, 1.165) is 0 Å². The van der Waals surface area contributed by atoms with E-state index in [1.807, 2.05) is 0 Å². The highest BCUT2D eigenvalue weighted by atomic mass is 35.5. The SMILES string of the molecule is Cc1cc(-n2cc(Cl)c(C)n2)cc(C(=O)O)c1N. The molecule has 2 rings (SSSR count). The molecular weight excluding hydrogens is 254 g/mol. The van der Waals surface area contributed by atoms with Crippen molar-refractivity contribution < 1.29 is 9.90 Å². The third-order valence-corrected chi connectivity index (χ3v) is 3.08. The zero-order valence-electron chi connectivity index (χ0n) is 9.94. The number of hydrogen-bond donors (Lipinski definition) is 2. The molecule has 0 radical (unpaired) electrons. The van der Waals surface area contributed by atoms with Crippen molar-refractivity contribution in [1.29, 1.82) is 0 Å². The number of anilines is 1. The van der Waals surface area contributed by atoms with Gasteiger partial charge in [0.1, 0.15) is 0 Å². The Hall–Kier alpha value is -2.01. The fraction of sp³-hybridized carbons (Fsp3) is 0.167. The molecule has 0 amide bonds. The Morgan fingerprint density at radius 1 is 1.44 bits per heavy atom. The quantitative estimate of drug-likeness (QED) is 0.817. The van der Waals surface area contributed by atoms with Gasteiger partial charge in [-0.05, 0) is 31.5 Å². The summed E-state index contributed by atoms with van der Waals surface area (Å²) in [6, 6.07) is 3.25. The highest BCUT2D eigenvalue weighted by Crippen LogP contribution is 2.23. The molecule has 0 atom stereocenters. The number of aryl methyl sites for hydroxylation is 2. The summed E-state index contributed by atoms with van der Waals surface area (Å²) in [5.74, 6) is -1.06. The van der Waals surface area contributed by atoms with Crippen molar-refractivity contribution in [2.45, 2.75) is 13.8 Å². The Kier molecular flexibility index (Phi) is 3.00. The Bertz CT molecular complexity index is 615. The number of carbonyl (C=O) groups is 1. The summed E-state index contributed by atoms with van der Waals surface area (Å²) in [7, 11) is 0. The fourth-order valence-electron chi connectivity index (χ4n) is 1.66. The van der Waals surface area contributed by atoms with Crippen LogP contribution in [0.2, 0.25) is 5.02 Å². The zero-order valence-corrected chi connectivity index (χ0v) is 10.7. The summed E-state index contributed by atoms with van der Waals surface area (Å²) < 4.78 is 1.54. The monoisotopic (exact) mass is 265 g/mol. The predicted octanol–water partition coefficient (Wildman–Crippen LogP) is 2.42. The van der Waals surface area contributed by atoms with Gasteiger partial charge in [-0.25, -0.2) is 9.48 Å². The molecule has 0 saturated carbocycles. The number of aromatic carboxylic acids is 1. The molecule has 3 N–H and O–H groups in total. The largest absolute Gasteiger partial charge is 0.478 e. The van der Waals surface area contributed by atoms with Crippen LogP contribution in [0.15, 0.2) is 18.3 Å². The molecule has 0 aliphatic carbocycles. The third-order valence-electron chi connectivity index (χ3n) is 2.71. The molecule has 1 heterocycles. The lowest BCUT2D eigenvalue weighted by atomic mass is 10.1. The molecule has 0 saturated heterocycles. The van der Waals surface area contributed by atoms with E-state index in [4.69, 9.17) is 22.4 Å². The van der Waals surface area contributed by atoms with Crippen molar-refractivity contribution in [3.05, 3.63) is 40.2 Å². The number of halogens is 1. The highest BCUT2D eigenvalue weighted by Gasteiger charge is 2.13. The van der Waals surface area contributed by atoms with Gasteiger partial charge in [-0.3, -0.25) is 0 Å². The predicted molar refractivity (Wildman–Crippen MR) is 69.4 cm³/mol. The minimum absolute atomic E-state index is 0.0641. The van der Waals surface area contributed by atoms with Gasteiger partial charge in [0.15, 0.2) is 0 Å². The smallest absolute Gasteiger partial charge is 0.337 e. The Labute approximate surface area is 109 Å². The molecule has 2 aromatic rings. The normalized spacial score (nSPS) is 10.6. The molecule has 0 aliphatic heterocycles. The van der Waals surface area contributed by atoms with E-state index in [1.54, 1.807) is 26.1 Å². The Balaban J connectivity index is 2.62. The fourth-order valence-corrected chi connectivity index (χ4v) is 1.79. The van der Waals surface area contributed by atoms with Crippen LogP contribution < -0.4 is 5.73 Å². The Morgan fingerprint density at radius 2 is 2.11 bits per heavy atom. The van der Waals surface area contributed by atoms with E-state index in [0.29, 0.717) is 22.0 Å². The second-order valence-corrected chi connectivity index (χ2v) is 4.44. The standard InChI is InChI=1S/C12H12ClN3O2/c1-6-3-8(4-9(11(6)14)12(17)18)16-5-10(13)7(2)15-16/h3-5H,14H2,1-2H3,(H,17,18). The van der Waals surface area contributed by atoms with Crippen molar-refractivity contribution in [3.8, 4) is 5.69 Å². The maximum absolute atomic E-state index is 11.1. The van der Waals surface area contributed by atoms with Gasteiger partial charge in [0.2, 0.25) is 0 Å². The number of rotatable bonds is 2. The van der Waals surface area contributed by atoms with Crippen LogP contribution in [0.3, 0.4) is 0 Å². The maximum Gasteiger partial charge on any atom is 0.337 e. The van der Waals surface area contributed by atoms with Gasteiger partial charge in [0.05, 0.1) is 22.0 Å². The van der Waals surface area contributed by atoms with Gasteiger partial charge < -0.3 is 10.8 Å². The topological polar surface area (TPSA) is 81.1 Å². The number of benzene rings is 1. The molecule has 1 aromatic heterocycles. The lowest BCUT2D eigenvalue weighted by Crippen LogP contribution is -2.07. The third kappa shape index (κ3) is 2.04. The van der Waals surface area contributed by atoms with E-state index in [-0.39, 0.29) is 11.3 Å². The summed E-state index contributed by atoms with van der Waals surface area (Å²) in [4.78, 5) is 11.1. The zero-order chi connectivity index (χ0) is 13.4. The van der Waals surface area contributed by atoms with Crippen molar-refractivity contribution in [2.75, 3.05) is 5.73 Å². The van der Waals surface area contributed by atoms with Crippen LogP contribution in [0, 0.1) is 13.8 Å². The van der Waals surface area contributed by atoms with Crippen molar-refractivity contribution >= 4 is 23.3 Å². The van der Waals surface area contributed by atoms with E-state index < -0.39 is 5.97 Å². The van der Waals surface area contributed by atoms with Crippen molar-refractivity contribution in [2.24, 2.45) is 0 Å². The van der Waals surface area contributed by atoms with E-state index in [1.165, 1.54) is 10.7 Å². The van der Waals surface area contributed by atoms with Crippen LogP contribution >= 0.6 is 11.6 Å². The summed E-state index contributed by atoms with van der Waals surface area (Å²) >= 11 is 5.93.